The summed E-state index contributed by atoms with van der Waals surface area (Å²) < 4.78 is 0. The second-order valence-corrected chi connectivity index (χ2v) is 5.45. The van der Waals surface area contributed by atoms with E-state index >= 15 is 0 Å². The number of hydrogen-bond donors (Lipinski definition) is 0. The van der Waals surface area contributed by atoms with Crippen molar-refractivity contribution in [2.45, 2.75) is 17.8 Å². The zero-order chi connectivity index (χ0) is 12.3. The van der Waals surface area contributed by atoms with Crippen LogP contribution in [0.15, 0.2) is 48.1 Å². The molecule has 5 rings (SSSR count). The van der Waals surface area contributed by atoms with Crippen molar-refractivity contribution >= 4 is 5.91 Å². The van der Waals surface area contributed by atoms with Crippen LogP contribution in [0, 0.1) is 0 Å². The van der Waals surface area contributed by atoms with Gasteiger partial charge in [0, 0.05) is 19.5 Å². The highest BCUT2D eigenvalue weighted by Crippen LogP contribution is 2.52. The van der Waals surface area contributed by atoms with E-state index in [-0.39, 0.29) is 5.91 Å². The second kappa shape index (κ2) is 3.14. The quantitative estimate of drug-likeness (QED) is 0.634. The van der Waals surface area contributed by atoms with Gasteiger partial charge >= 0.3 is 0 Å². The lowest BCUT2D eigenvalue weighted by Gasteiger charge is -2.47. The van der Waals surface area contributed by atoms with Crippen LogP contribution >= 0.6 is 0 Å². The van der Waals surface area contributed by atoms with Crippen molar-refractivity contribution in [2.75, 3.05) is 13.6 Å². The first-order valence-electron chi connectivity index (χ1n) is 6.49. The number of rotatable bonds is 0. The van der Waals surface area contributed by atoms with Crippen LogP contribution < -0.4 is 0 Å². The van der Waals surface area contributed by atoms with E-state index in [1.54, 1.807) is 0 Å². The number of amides is 1. The van der Waals surface area contributed by atoms with E-state index in [0.29, 0.717) is 5.92 Å². The molecule has 2 heteroatoms. The maximum atomic E-state index is 12.7. The van der Waals surface area contributed by atoms with Gasteiger partial charge in [0.2, 0.25) is 5.91 Å². The standard InChI is InChI=1S/C16H15NO/c1-17-9-7-12-10-11-6-8-16(12,15(17)18)14-5-3-2-4-13(11)14/h2-6,8,10-11H,7,9H2,1H3. The minimum absolute atomic E-state index is 0.224. The van der Waals surface area contributed by atoms with Crippen LogP contribution in [0.1, 0.15) is 23.5 Å². The average Bonchev–Trinajstić information content (AvgIpc) is 2.44. The molecule has 0 saturated carbocycles. The summed E-state index contributed by atoms with van der Waals surface area (Å²) >= 11 is 0. The molecule has 2 nitrogen and oxygen atoms in total. The summed E-state index contributed by atoms with van der Waals surface area (Å²) in [5.41, 5.74) is 3.31. The molecular formula is C16H15NO. The number of carbonyl (C=O) groups excluding carboxylic acids is 1. The van der Waals surface area contributed by atoms with Crippen LogP contribution in [-0.2, 0) is 10.2 Å². The largest absolute Gasteiger partial charge is 0.344 e. The number of benzene rings is 1. The number of nitrogens with zero attached hydrogens (tertiary/aromatic N) is 1. The van der Waals surface area contributed by atoms with Crippen molar-refractivity contribution in [1.29, 1.82) is 0 Å². The molecule has 2 unspecified atom stereocenters. The monoisotopic (exact) mass is 237 g/mol. The molecule has 1 aromatic carbocycles. The number of likely N-dealkylation sites (tertiary alicyclic amines) is 1. The Bertz CT molecular complexity index is 613. The van der Waals surface area contributed by atoms with Crippen molar-refractivity contribution in [3.63, 3.8) is 0 Å². The van der Waals surface area contributed by atoms with Crippen LogP contribution in [0.3, 0.4) is 0 Å². The molecule has 90 valence electrons. The first kappa shape index (κ1) is 10.1. The molecule has 2 atom stereocenters. The third-order valence-electron chi connectivity index (χ3n) is 4.59. The number of carbonyl (C=O) groups is 1. The zero-order valence-electron chi connectivity index (χ0n) is 10.4. The number of piperidine rings is 1. The predicted molar refractivity (Wildman–Crippen MR) is 70.3 cm³/mol. The molecule has 4 aliphatic rings. The van der Waals surface area contributed by atoms with Crippen molar-refractivity contribution in [1.82, 2.24) is 4.90 Å². The minimum Gasteiger partial charge on any atom is -0.344 e. The Morgan fingerprint density at radius 3 is 3.06 bits per heavy atom. The van der Waals surface area contributed by atoms with Crippen molar-refractivity contribution in [2.24, 2.45) is 0 Å². The van der Waals surface area contributed by atoms with Gasteiger partial charge in [-0.25, -0.2) is 0 Å². The summed E-state index contributed by atoms with van der Waals surface area (Å²) in [5, 5.41) is 0. The third kappa shape index (κ3) is 0.976. The van der Waals surface area contributed by atoms with Crippen molar-refractivity contribution in [3.05, 3.63) is 59.2 Å². The molecular weight excluding hydrogens is 222 g/mol. The van der Waals surface area contributed by atoms with Crippen LogP contribution in [0.2, 0.25) is 0 Å². The third-order valence-corrected chi connectivity index (χ3v) is 4.59. The van der Waals surface area contributed by atoms with E-state index in [2.05, 4.69) is 36.4 Å². The fraction of sp³-hybridized carbons (Fsp3) is 0.312. The van der Waals surface area contributed by atoms with E-state index in [1.807, 2.05) is 18.0 Å². The Kier molecular flexibility index (Phi) is 1.76. The minimum atomic E-state index is -0.488. The van der Waals surface area contributed by atoms with Gasteiger partial charge in [0.05, 0.1) is 0 Å². The average molecular weight is 237 g/mol. The zero-order valence-corrected chi connectivity index (χ0v) is 10.4. The molecule has 2 bridgehead atoms. The number of likely N-dealkylation sites (N-methyl/N-ethyl adjacent to an activating group) is 1. The van der Waals surface area contributed by atoms with Crippen LogP contribution in [0.5, 0.6) is 0 Å². The highest BCUT2D eigenvalue weighted by atomic mass is 16.2. The van der Waals surface area contributed by atoms with E-state index in [9.17, 15) is 4.79 Å². The SMILES string of the molecule is CN1CCC2=CC3C=CC2(C1=O)c1ccccc13. The van der Waals surface area contributed by atoms with E-state index in [0.717, 1.165) is 13.0 Å². The van der Waals surface area contributed by atoms with Crippen LogP contribution in [0.25, 0.3) is 0 Å². The highest BCUT2D eigenvalue weighted by Gasteiger charge is 2.51. The molecule has 1 spiro atoms. The highest BCUT2D eigenvalue weighted by molar-refractivity contribution is 5.97. The second-order valence-electron chi connectivity index (χ2n) is 5.45. The molecule has 1 saturated heterocycles. The molecule has 1 aliphatic heterocycles. The predicted octanol–water partition coefficient (Wildman–Crippen LogP) is 2.38. The Morgan fingerprint density at radius 2 is 2.17 bits per heavy atom. The molecule has 1 heterocycles. The lowest BCUT2D eigenvalue weighted by molar-refractivity contribution is -0.134. The molecule has 18 heavy (non-hydrogen) atoms. The number of allylic oxidation sites excluding steroid dienone is 2. The van der Waals surface area contributed by atoms with Gasteiger partial charge in [0.1, 0.15) is 5.41 Å². The Hall–Kier alpha value is -1.83. The van der Waals surface area contributed by atoms with Gasteiger partial charge in [-0.15, -0.1) is 0 Å². The smallest absolute Gasteiger partial charge is 0.241 e. The van der Waals surface area contributed by atoms with Gasteiger partial charge in [0.25, 0.3) is 0 Å². The van der Waals surface area contributed by atoms with Gasteiger partial charge in [0.15, 0.2) is 0 Å². The molecule has 3 aliphatic carbocycles. The van der Waals surface area contributed by atoms with E-state index in [1.165, 1.54) is 16.7 Å². The summed E-state index contributed by atoms with van der Waals surface area (Å²) in [5.74, 6) is 0.594. The maximum absolute atomic E-state index is 12.7. The Labute approximate surface area is 107 Å². The van der Waals surface area contributed by atoms with Crippen LogP contribution in [0.4, 0.5) is 0 Å². The summed E-state index contributed by atoms with van der Waals surface area (Å²) in [4.78, 5) is 14.6. The fourth-order valence-electron chi connectivity index (χ4n) is 3.66. The Balaban J connectivity index is 2.03. The summed E-state index contributed by atoms with van der Waals surface area (Å²) in [6, 6.07) is 8.38. The summed E-state index contributed by atoms with van der Waals surface area (Å²) in [6.07, 6.45) is 7.61. The number of hydrogen-bond acceptors (Lipinski definition) is 1. The normalized spacial score (nSPS) is 32.1. The van der Waals surface area contributed by atoms with Gasteiger partial charge in [-0.05, 0) is 23.1 Å². The molecule has 0 aromatic heterocycles. The first-order valence-corrected chi connectivity index (χ1v) is 6.49. The summed E-state index contributed by atoms with van der Waals surface area (Å²) in [7, 11) is 1.91. The lowest BCUT2D eigenvalue weighted by Crippen LogP contribution is -2.53. The van der Waals surface area contributed by atoms with E-state index < -0.39 is 5.41 Å². The van der Waals surface area contributed by atoms with Gasteiger partial charge in [-0.3, -0.25) is 4.79 Å². The molecule has 1 amide bonds. The van der Waals surface area contributed by atoms with Gasteiger partial charge < -0.3 is 4.90 Å². The van der Waals surface area contributed by atoms with Gasteiger partial charge in [-0.1, -0.05) is 42.5 Å². The van der Waals surface area contributed by atoms with E-state index in [4.69, 9.17) is 0 Å². The topological polar surface area (TPSA) is 20.3 Å². The maximum Gasteiger partial charge on any atom is 0.241 e. The van der Waals surface area contributed by atoms with Crippen LogP contribution in [-0.4, -0.2) is 24.4 Å². The molecule has 1 fully saturated rings. The first-order chi connectivity index (χ1) is 8.73. The fourth-order valence-corrected chi connectivity index (χ4v) is 3.66. The molecule has 1 aromatic rings. The van der Waals surface area contributed by atoms with Gasteiger partial charge in [-0.2, -0.15) is 0 Å². The molecule has 0 radical (unpaired) electrons. The molecule has 0 N–H and O–H groups in total. The van der Waals surface area contributed by atoms with Crippen molar-refractivity contribution < 1.29 is 4.79 Å². The van der Waals surface area contributed by atoms with Crippen molar-refractivity contribution in [3.8, 4) is 0 Å². The lowest BCUT2D eigenvalue weighted by atomic mass is 9.59. The summed E-state index contributed by atoms with van der Waals surface area (Å²) in [6.45, 7) is 0.842. The Morgan fingerprint density at radius 1 is 1.33 bits per heavy atom.